The van der Waals surface area contributed by atoms with Gasteiger partial charge >= 0.3 is 5.97 Å². The molecule has 0 aliphatic heterocycles. The molecule has 18 heavy (non-hydrogen) atoms. The van der Waals surface area contributed by atoms with Crippen molar-refractivity contribution in [2.75, 3.05) is 19.6 Å². The highest BCUT2D eigenvalue weighted by atomic mass is 32.1. The Bertz CT molecular complexity index is 282. The predicted octanol–water partition coefficient (Wildman–Crippen LogP) is 1.05. The highest BCUT2D eigenvalue weighted by molar-refractivity contribution is 8.10. The third-order valence-electron chi connectivity index (χ3n) is 1.83. The van der Waals surface area contributed by atoms with E-state index in [9.17, 15) is 9.59 Å². The van der Waals surface area contributed by atoms with Gasteiger partial charge in [-0.15, -0.1) is 12.6 Å². The van der Waals surface area contributed by atoms with Crippen molar-refractivity contribution in [3.63, 3.8) is 0 Å². The van der Waals surface area contributed by atoms with Crippen LogP contribution in [-0.2, 0) is 9.59 Å². The molecule has 0 saturated heterocycles. The van der Waals surface area contributed by atoms with Crippen molar-refractivity contribution in [3.05, 3.63) is 0 Å². The van der Waals surface area contributed by atoms with Gasteiger partial charge in [-0.05, 0) is 20.8 Å². The molecule has 0 aromatic heterocycles. The minimum Gasteiger partial charge on any atom is -0.480 e. The zero-order valence-corrected chi connectivity index (χ0v) is 13.3. The first kappa shape index (κ1) is 19.9. The number of hydrogen-bond donors (Lipinski definition) is 4. The first-order chi connectivity index (χ1) is 8.26. The van der Waals surface area contributed by atoms with E-state index in [2.05, 4.69) is 44.4 Å². The monoisotopic (exact) mass is 312 g/mol. The number of hydrogen-bond acceptors (Lipinski definition) is 4. The Morgan fingerprint density at radius 2 is 1.83 bits per heavy atom. The van der Waals surface area contributed by atoms with Crippen LogP contribution in [0.3, 0.4) is 0 Å². The number of thiol groups is 2. The van der Waals surface area contributed by atoms with Gasteiger partial charge in [-0.2, -0.15) is 12.6 Å². The molecule has 5 nitrogen and oxygen atoms in total. The fraction of sp³-hybridized carbons (Fsp3) is 0.700. The Morgan fingerprint density at radius 1 is 1.39 bits per heavy atom. The summed E-state index contributed by atoms with van der Waals surface area (Å²) in [6, 6.07) is 0. The Balaban J connectivity index is 0. The summed E-state index contributed by atoms with van der Waals surface area (Å²) in [6.45, 7) is 7.26. The van der Waals surface area contributed by atoms with Gasteiger partial charge in [0.1, 0.15) is 10.9 Å². The number of carbonyl (C=O) groups excluding carboxylic acids is 1. The second-order valence-corrected chi connectivity index (χ2v) is 5.13. The van der Waals surface area contributed by atoms with Gasteiger partial charge < -0.3 is 15.3 Å². The molecular weight excluding hydrogens is 292 g/mol. The molecule has 8 heteroatoms. The molecule has 0 aliphatic carbocycles. The van der Waals surface area contributed by atoms with Gasteiger partial charge in [-0.25, -0.2) is 0 Å². The van der Waals surface area contributed by atoms with Crippen LogP contribution in [-0.4, -0.2) is 51.1 Å². The molecule has 0 radical (unpaired) electrons. The molecule has 1 unspecified atom stereocenters. The van der Waals surface area contributed by atoms with E-state index < -0.39 is 11.2 Å². The van der Waals surface area contributed by atoms with Crippen LogP contribution < -0.4 is 5.32 Å². The average molecular weight is 312 g/mol. The van der Waals surface area contributed by atoms with Crippen LogP contribution in [0, 0.1) is 0 Å². The van der Waals surface area contributed by atoms with Gasteiger partial charge in [-0.3, -0.25) is 9.59 Å². The first-order valence-electron chi connectivity index (χ1n) is 5.41. The van der Waals surface area contributed by atoms with E-state index in [0.717, 1.165) is 13.1 Å². The second-order valence-electron chi connectivity index (χ2n) is 3.24. The van der Waals surface area contributed by atoms with E-state index in [4.69, 9.17) is 17.3 Å². The number of carboxylic acid groups (broad SMARTS) is 1. The van der Waals surface area contributed by atoms with E-state index in [-0.39, 0.29) is 12.5 Å². The van der Waals surface area contributed by atoms with Gasteiger partial charge in [0.2, 0.25) is 5.91 Å². The number of aliphatic carboxylic acids is 1. The van der Waals surface area contributed by atoms with E-state index in [0.29, 0.717) is 4.32 Å². The predicted molar refractivity (Wildman–Crippen MR) is 83.6 cm³/mol. The van der Waals surface area contributed by atoms with Gasteiger partial charge in [0, 0.05) is 13.1 Å². The molecule has 1 amide bonds. The molecule has 0 bridgehead atoms. The summed E-state index contributed by atoms with van der Waals surface area (Å²) >= 11 is 12.6. The van der Waals surface area contributed by atoms with Crippen molar-refractivity contribution in [3.8, 4) is 0 Å². The second kappa shape index (κ2) is 11.6. The molecule has 2 N–H and O–H groups in total. The molecule has 0 spiro atoms. The zero-order chi connectivity index (χ0) is 14.7. The molecule has 0 aliphatic rings. The summed E-state index contributed by atoms with van der Waals surface area (Å²) in [5, 5.41) is 9.81. The van der Waals surface area contributed by atoms with E-state index >= 15 is 0 Å². The summed E-state index contributed by atoms with van der Waals surface area (Å²) in [7, 11) is 0. The number of amides is 1. The Morgan fingerprint density at radius 3 is 2.00 bits per heavy atom. The molecule has 0 saturated carbocycles. The largest absolute Gasteiger partial charge is 0.480 e. The quantitative estimate of drug-likeness (QED) is 0.451. The third kappa shape index (κ3) is 12.0. The minimum atomic E-state index is -1.05. The molecule has 0 heterocycles. The van der Waals surface area contributed by atoms with Crippen molar-refractivity contribution >= 4 is 53.7 Å². The maximum absolute atomic E-state index is 10.6. The van der Waals surface area contributed by atoms with Gasteiger partial charge in [-0.1, -0.05) is 12.2 Å². The average Bonchev–Trinajstić information content (AvgIpc) is 2.27. The van der Waals surface area contributed by atoms with Crippen LogP contribution in [0.1, 0.15) is 20.8 Å². The van der Waals surface area contributed by atoms with Crippen molar-refractivity contribution in [2.24, 2.45) is 0 Å². The number of carboxylic acids is 1. The van der Waals surface area contributed by atoms with Crippen molar-refractivity contribution < 1.29 is 14.7 Å². The summed E-state index contributed by atoms with van der Waals surface area (Å²) in [6.07, 6.45) is 0. The maximum Gasteiger partial charge on any atom is 0.322 e. The van der Waals surface area contributed by atoms with Gasteiger partial charge in [0.25, 0.3) is 0 Å². The Labute approximate surface area is 124 Å². The molecule has 0 fully saturated rings. The van der Waals surface area contributed by atoms with E-state index in [1.807, 2.05) is 4.90 Å². The lowest BCUT2D eigenvalue weighted by Gasteiger charge is -2.16. The Kier molecular flexibility index (Phi) is 12.8. The zero-order valence-electron chi connectivity index (χ0n) is 10.7. The van der Waals surface area contributed by atoms with Crippen LogP contribution >= 0.6 is 37.5 Å². The van der Waals surface area contributed by atoms with Crippen molar-refractivity contribution in [2.45, 2.75) is 26.0 Å². The van der Waals surface area contributed by atoms with Crippen LogP contribution in [0.2, 0.25) is 0 Å². The normalized spacial score (nSPS) is 10.7. The lowest BCUT2D eigenvalue weighted by Crippen LogP contribution is -2.33. The van der Waals surface area contributed by atoms with Crippen molar-refractivity contribution in [1.82, 2.24) is 10.2 Å². The van der Waals surface area contributed by atoms with Gasteiger partial charge in [0.05, 0.1) is 5.25 Å². The lowest BCUT2D eigenvalue weighted by atomic mass is 10.4. The van der Waals surface area contributed by atoms with Crippen LogP contribution in [0.15, 0.2) is 0 Å². The van der Waals surface area contributed by atoms with Crippen LogP contribution in [0.4, 0.5) is 0 Å². The fourth-order valence-corrected chi connectivity index (χ4v) is 1.44. The first-order valence-corrected chi connectivity index (χ1v) is 6.78. The number of nitrogens with zero attached hydrogens (tertiary/aromatic N) is 1. The number of thiocarbonyl (C=S) groups is 1. The standard InChI is InChI=1S/C5H9NO3S.C5H11NS2/c1-3(10)5(9)6-2-4(7)8;1-3-6(4-2)5(7)8/h3,10H,2H2,1H3,(H,6,9)(H,7,8);3-4H2,1-2H3,(H,7,8). The van der Waals surface area contributed by atoms with E-state index in [1.54, 1.807) is 6.92 Å². The topological polar surface area (TPSA) is 69.6 Å². The fourth-order valence-electron chi connectivity index (χ4n) is 0.805. The molecule has 0 aromatic carbocycles. The molecule has 0 rings (SSSR count). The smallest absolute Gasteiger partial charge is 0.322 e. The molecule has 0 aromatic rings. The Hall–Kier alpha value is -0.470. The number of nitrogens with one attached hydrogen (secondary N) is 1. The summed E-state index contributed by atoms with van der Waals surface area (Å²) in [5.74, 6) is -1.42. The van der Waals surface area contributed by atoms with Crippen molar-refractivity contribution in [1.29, 1.82) is 0 Å². The molecule has 106 valence electrons. The summed E-state index contributed by atoms with van der Waals surface area (Å²) in [5.41, 5.74) is 0. The summed E-state index contributed by atoms with van der Waals surface area (Å²) < 4.78 is 0.690. The third-order valence-corrected chi connectivity index (χ3v) is 2.60. The SMILES string of the molecule is CC(S)C(=O)NCC(=O)O.CCN(CC)C(=S)S. The molecular formula is C10H20N2O3S3. The number of carbonyl (C=O) groups is 2. The van der Waals surface area contributed by atoms with Gasteiger partial charge in [0.15, 0.2) is 0 Å². The maximum atomic E-state index is 10.6. The summed E-state index contributed by atoms with van der Waals surface area (Å²) in [4.78, 5) is 22.5. The minimum absolute atomic E-state index is 0.344. The highest BCUT2D eigenvalue weighted by Gasteiger charge is 2.07. The lowest BCUT2D eigenvalue weighted by molar-refractivity contribution is -0.137. The highest BCUT2D eigenvalue weighted by Crippen LogP contribution is 1.93. The van der Waals surface area contributed by atoms with E-state index in [1.165, 1.54) is 0 Å². The molecule has 1 atom stereocenters. The number of rotatable bonds is 5. The van der Waals surface area contributed by atoms with Crippen LogP contribution in [0.25, 0.3) is 0 Å². The van der Waals surface area contributed by atoms with Crippen LogP contribution in [0.5, 0.6) is 0 Å².